The lowest BCUT2D eigenvalue weighted by atomic mass is 9.65. The molecule has 3 saturated heterocycles. The number of rotatable bonds is 12. The van der Waals surface area contributed by atoms with E-state index in [2.05, 4.69) is 6.58 Å². The highest BCUT2D eigenvalue weighted by Gasteiger charge is 2.79. The van der Waals surface area contributed by atoms with Crippen molar-refractivity contribution < 1.29 is 29.3 Å². The minimum Gasteiger partial charge on any atom is -0.481 e. The maximum Gasteiger partial charge on any atom is 0.310 e. The molecule has 1 aromatic rings. The summed E-state index contributed by atoms with van der Waals surface area (Å²) < 4.78 is 6.64. The molecule has 5 atom stereocenters. The highest BCUT2D eigenvalue weighted by atomic mass is 16.5. The number of aliphatic hydroxyl groups is 1. The van der Waals surface area contributed by atoms with E-state index in [0.29, 0.717) is 38.6 Å². The number of anilines is 1. The summed E-state index contributed by atoms with van der Waals surface area (Å²) in [5.41, 5.74) is 0.610. The quantitative estimate of drug-likeness (QED) is 0.327. The second kappa shape index (κ2) is 10.6. The van der Waals surface area contributed by atoms with Crippen LogP contribution in [0.15, 0.2) is 30.9 Å². The molecule has 2 N–H and O–H groups in total. The first-order valence-corrected chi connectivity index (χ1v) is 13.5. The molecule has 8 heteroatoms. The topological polar surface area (TPSA) is 107 Å². The third-order valence-corrected chi connectivity index (χ3v) is 8.72. The molecule has 2 unspecified atom stereocenters. The maximum absolute atomic E-state index is 14.5. The van der Waals surface area contributed by atoms with Gasteiger partial charge in [0.25, 0.3) is 5.91 Å². The Morgan fingerprint density at radius 3 is 2.59 bits per heavy atom. The van der Waals surface area contributed by atoms with Gasteiger partial charge in [-0.05, 0) is 63.1 Å². The average molecular weight is 513 g/mol. The fourth-order valence-corrected chi connectivity index (χ4v) is 6.95. The Morgan fingerprint density at radius 1 is 1.22 bits per heavy atom. The van der Waals surface area contributed by atoms with Crippen molar-refractivity contribution in [3.05, 3.63) is 42.0 Å². The lowest BCUT2D eigenvalue weighted by Crippen LogP contribution is -2.56. The lowest BCUT2D eigenvalue weighted by Gasteiger charge is -2.37. The van der Waals surface area contributed by atoms with Crippen molar-refractivity contribution in [2.75, 3.05) is 24.6 Å². The number of aliphatic hydroxyl groups excluding tert-OH is 1. The number of fused-ring (bicyclic) bond motifs is 1. The monoisotopic (exact) mass is 512 g/mol. The van der Waals surface area contributed by atoms with E-state index in [9.17, 15) is 19.5 Å². The van der Waals surface area contributed by atoms with Gasteiger partial charge < -0.3 is 24.7 Å². The number of unbranched alkanes of at least 4 members (excludes halogenated alkanes) is 3. The van der Waals surface area contributed by atoms with E-state index in [1.807, 2.05) is 39.0 Å². The van der Waals surface area contributed by atoms with E-state index in [4.69, 9.17) is 9.84 Å². The Kier molecular flexibility index (Phi) is 7.81. The predicted octanol–water partition coefficient (Wildman–Crippen LogP) is 3.61. The third-order valence-electron chi connectivity index (χ3n) is 8.72. The van der Waals surface area contributed by atoms with E-state index < -0.39 is 35.0 Å². The summed E-state index contributed by atoms with van der Waals surface area (Å²) in [6.07, 6.45) is 6.13. The van der Waals surface area contributed by atoms with Gasteiger partial charge in [-0.3, -0.25) is 14.4 Å². The molecule has 4 rings (SSSR count). The van der Waals surface area contributed by atoms with Crippen LogP contribution in [0.25, 0.3) is 0 Å². The molecule has 3 heterocycles. The number of hydrogen-bond donors (Lipinski definition) is 2. The summed E-state index contributed by atoms with van der Waals surface area (Å²) in [5, 5.41) is 19.3. The highest BCUT2D eigenvalue weighted by Crippen LogP contribution is 2.64. The van der Waals surface area contributed by atoms with Gasteiger partial charge in [0.2, 0.25) is 5.91 Å². The molecule has 0 saturated carbocycles. The molecule has 3 aliphatic heterocycles. The lowest BCUT2D eigenvalue weighted by molar-refractivity contribution is -0.155. The van der Waals surface area contributed by atoms with Crippen molar-refractivity contribution in [3.8, 4) is 0 Å². The molecule has 3 fully saturated rings. The molecule has 1 spiro atoms. The summed E-state index contributed by atoms with van der Waals surface area (Å²) >= 11 is 0. The third kappa shape index (κ3) is 4.38. The Morgan fingerprint density at radius 2 is 1.95 bits per heavy atom. The van der Waals surface area contributed by atoms with E-state index in [1.165, 1.54) is 0 Å². The van der Waals surface area contributed by atoms with Gasteiger partial charge >= 0.3 is 5.97 Å². The molecule has 0 aliphatic carbocycles. The van der Waals surface area contributed by atoms with Gasteiger partial charge in [0.1, 0.15) is 17.6 Å². The van der Waals surface area contributed by atoms with Crippen LogP contribution in [0.4, 0.5) is 5.69 Å². The average Bonchev–Trinajstić information content (AvgIpc) is 3.47. The summed E-state index contributed by atoms with van der Waals surface area (Å²) in [5.74, 6) is -3.42. The van der Waals surface area contributed by atoms with Gasteiger partial charge in [0, 0.05) is 25.4 Å². The SMILES string of the molecule is C=CCN(C(=O)C1N(CCCCCCO)C(=O)[C@@H]2[C@@H](C(=O)O)[C@@]3(CC)CCC12O3)c1cc(C)ccc1C. The number of carbonyl (C=O) groups is 3. The largest absolute Gasteiger partial charge is 0.481 e. The number of amides is 2. The summed E-state index contributed by atoms with van der Waals surface area (Å²) in [6, 6.07) is 5.02. The standard InChI is InChI=1S/C29H40N2O6/c1-5-15-30(21-18-19(3)11-12-20(21)4)26(34)24-29-14-13-28(6-2,37-29)23(27(35)36)22(29)25(33)31(24)16-9-7-8-10-17-32/h5,11-12,18,22-24,32H,1,6-10,13-17H2,2-4H3,(H,35,36)/t22-,23-,24?,28+,29?/m0/s1. The van der Waals surface area contributed by atoms with Crippen LogP contribution in [0.1, 0.15) is 63.0 Å². The number of carboxylic acids is 1. The number of aliphatic carboxylic acids is 1. The zero-order valence-corrected chi connectivity index (χ0v) is 22.2. The minimum absolute atomic E-state index is 0.120. The van der Waals surface area contributed by atoms with Crippen molar-refractivity contribution >= 4 is 23.5 Å². The van der Waals surface area contributed by atoms with Gasteiger partial charge in [0.15, 0.2) is 0 Å². The number of ether oxygens (including phenoxy) is 1. The van der Waals surface area contributed by atoms with Crippen LogP contribution in [0.5, 0.6) is 0 Å². The van der Waals surface area contributed by atoms with Crippen molar-refractivity contribution in [2.24, 2.45) is 11.8 Å². The first kappa shape index (κ1) is 27.3. The molecule has 0 aromatic heterocycles. The molecule has 202 valence electrons. The summed E-state index contributed by atoms with van der Waals surface area (Å²) in [4.78, 5) is 44.3. The van der Waals surface area contributed by atoms with Crippen LogP contribution >= 0.6 is 0 Å². The molecule has 1 aromatic carbocycles. The maximum atomic E-state index is 14.5. The molecule has 8 nitrogen and oxygen atoms in total. The van der Waals surface area contributed by atoms with Gasteiger partial charge in [0.05, 0.1) is 11.5 Å². The van der Waals surface area contributed by atoms with Crippen molar-refractivity contribution in [3.63, 3.8) is 0 Å². The van der Waals surface area contributed by atoms with Crippen LogP contribution in [0.2, 0.25) is 0 Å². The molecular formula is C29H40N2O6. The summed E-state index contributed by atoms with van der Waals surface area (Å²) in [6.45, 7) is 10.4. The predicted molar refractivity (Wildman–Crippen MR) is 140 cm³/mol. The first-order valence-electron chi connectivity index (χ1n) is 13.5. The molecule has 2 bridgehead atoms. The number of hydrogen-bond acceptors (Lipinski definition) is 5. The number of carboxylic acid groups (broad SMARTS) is 1. The Balaban J connectivity index is 1.77. The second-order valence-electron chi connectivity index (χ2n) is 10.9. The Labute approximate surface area is 219 Å². The Bertz CT molecular complexity index is 1070. The van der Waals surface area contributed by atoms with Crippen LogP contribution in [0.3, 0.4) is 0 Å². The molecule has 0 radical (unpaired) electrons. The zero-order chi connectivity index (χ0) is 27.0. The number of aryl methyl sites for hydroxylation is 2. The van der Waals surface area contributed by atoms with Crippen LogP contribution in [-0.2, 0) is 19.1 Å². The van der Waals surface area contributed by atoms with Gasteiger partial charge in [-0.2, -0.15) is 0 Å². The summed E-state index contributed by atoms with van der Waals surface area (Å²) in [7, 11) is 0. The van der Waals surface area contributed by atoms with Crippen molar-refractivity contribution in [1.29, 1.82) is 0 Å². The molecule has 37 heavy (non-hydrogen) atoms. The Hall–Kier alpha value is -2.71. The fourth-order valence-electron chi connectivity index (χ4n) is 6.95. The molecule has 3 aliphatic rings. The van der Waals surface area contributed by atoms with E-state index in [0.717, 1.165) is 29.7 Å². The van der Waals surface area contributed by atoms with Crippen LogP contribution in [-0.4, -0.2) is 69.8 Å². The first-order chi connectivity index (χ1) is 17.7. The zero-order valence-electron chi connectivity index (χ0n) is 22.2. The smallest absolute Gasteiger partial charge is 0.310 e. The van der Waals surface area contributed by atoms with Gasteiger partial charge in [-0.25, -0.2) is 0 Å². The second-order valence-corrected chi connectivity index (χ2v) is 10.9. The van der Waals surface area contributed by atoms with Gasteiger partial charge in [-0.1, -0.05) is 38.0 Å². The van der Waals surface area contributed by atoms with Crippen molar-refractivity contribution in [1.82, 2.24) is 4.90 Å². The molecule has 2 amide bonds. The van der Waals surface area contributed by atoms with E-state index in [-0.39, 0.29) is 25.0 Å². The van der Waals surface area contributed by atoms with Crippen LogP contribution in [0, 0.1) is 25.7 Å². The normalized spacial score (nSPS) is 30.0. The number of carbonyl (C=O) groups excluding carboxylic acids is 2. The highest BCUT2D eigenvalue weighted by molar-refractivity contribution is 6.05. The number of nitrogens with zero attached hydrogens (tertiary/aromatic N) is 2. The van der Waals surface area contributed by atoms with Crippen LogP contribution < -0.4 is 4.90 Å². The van der Waals surface area contributed by atoms with E-state index >= 15 is 0 Å². The van der Waals surface area contributed by atoms with E-state index in [1.54, 1.807) is 15.9 Å². The van der Waals surface area contributed by atoms with Crippen molar-refractivity contribution in [2.45, 2.75) is 83.0 Å². The number of likely N-dealkylation sites (tertiary alicyclic amines) is 1. The fraction of sp³-hybridized carbons (Fsp3) is 0.621. The minimum atomic E-state index is -1.16. The van der Waals surface area contributed by atoms with Gasteiger partial charge in [-0.15, -0.1) is 6.58 Å². The molecular weight excluding hydrogens is 472 g/mol. The number of benzene rings is 1.